The Labute approximate surface area is 106 Å². The summed E-state index contributed by atoms with van der Waals surface area (Å²) >= 11 is 5.09. The third kappa shape index (κ3) is 1.90. The van der Waals surface area contributed by atoms with Gasteiger partial charge in [-0.15, -0.1) is 11.3 Å². The Hall–Kier alpha value is -1.14. The molecule has 0 aromatic carbocycles. The van der Waals surface area contributed by atoms with E-state index in [0.29, 0.717) is 11.6 Å². The van der Waals surface area contributed by atoms with E-state index < -0.39 is 0 Å². The zero-order valence-corrected chi connectivity index (χ0v) is 11.2. The first-order valence-electron chi connectivity index (χ1n) is 4.58. The summed E-state index contributed by atoms with van der Waals surface area (Å²) in [6.07, 6.45) is 1.52. The Kier molecular flexibility index (Phi) is 3.40. The molecule has 4 nitrogen and oxygen atoms in total. The van der Waals surface area contributed by atoms with Gasteiger partial charge < -0.3 is 10.1 Å². The highest BCUT2D eigenvalue weighted by molar-refractivity contribution is 9.10. The summed E-state index contributed by atoms with van der Waals surface area (Å²) in [4.78, 5) is 9.41. The number of methoxy groups -OCH3 is 1. The molecule has 16 heavy (non-hydrogen) atoms. The SMILES string of the molecule is CNc1ncnc(-c2sccc2Br)c1OC. The molecule has 2 rings (SSSR count). The van der Waals surface area contributed by atoms with Gasteiger partial charge in [-0.1, -0.05) is 0 Å². The maximum Gasteiger partial charge on any atom is 0.188 e. The fourth-order valence-corrected chi connectivity index (χ4v) is 2.92. The van der Waals surface area contributed by atoms with Gasteiger partial charge in [-0.25, -0.2) is 9.97 Å². The van der Waals surface area contributed by atoms with Crippen LogP contribution in [0.2, 0.25) is 0 Å². The van der Waals surface area contributed by atoms with E-state index in [1.165, 1.54) is 6.33 Å². The smallest absolute Gasteiger partial charge is 0.188 e. The number of aromatic nitrogens is 2. The van der Waals surface area contributed by atoms with Crippen molar-refractivity contribution >= 4 is 33.1 Å². The molecule has 0 radical (unpaired) electrons. The Morgan fingerprint density at radius 2 is 2.25 bits per heavy atom. The molecule has 0 amide bonds. The molecule has 6 heteroatoms. The third-order valence-corrected chi connectivity index (χ3v) is 3.92. The largest absolute Gasteiger partial charge is 0.491 e. The van der Waals surface area contributed by atoms with Crippen molar-refractivity contribution < 1.29 is 4.74 Å². The lowest BCUT2D eigenvalue weighted by molar-refractivity contribution is 0.415. The van der Waals surface area contributed by atoms with Gasteiger partial charge in [-0.3, -0.25) is 0 Å². The zero-order valence-electron chi connectivity index (χ0n) is 8.82. The molecule has 2 heterocycles. The molecular weight excluding hydrogens is 290 g/mol. The standard InChI is InChI=1S/C10H10BrN3OS/c1-12-10-8(15-2)7(13-5-14-10)9-6(11)3-4-16-9/h3-5H,1-2H3,(H,12,13,14). The van der Waals surface area contributed by atoms with Crippen LogP contribution in [0.25, 0.3) is 10.6 Å². The monoisotopic (exact) mass is 299 g/mol. The van der Waals surface area contributed by atoms with Crippen molar-refractivity contribution in [2.45, 2.75) is 0 Å². The second-order valence-corrected chi connectivity index (χ2v) is 4.72. The van der Waals surface area contributed by atoms with E-state index in [-0.39, 0.29) is 0 Å². The summed E-state index contributed by atoms with van der Waals surface area (Å²) in [6, 6.07) is 1.99. The van der Waals surface area contributed by atoms with Crippen molar-refractivity contribution in [1.82, 2.24) is 9.97 Å². The van der Waals surface area contributed by atoms with Crippen molar-refractivity contribution in [3.05, 3.63) is 22.2 Å². The van der Waals surface area contributed by atoms with E-state index in [1.54, 1.807) is 25.5 Å². The van der Waals surface area contributed by atoms with E-state index >= 15 is 0 Å². The van der Waals surface area contributed by atoms with Crippen molar-refractivity contribution in [3.8, 4) is 16.3 Å². The van der Waals surface area contributed by atoms with Gasteiger partial charge in [-0.05, 0) is 27.4 Å². The average molecular weight is 300 g/mol. The number of rotatable bonds is 3. The molecule has 0 bridgehead atoms. The Bertz CT molecular complexity index is 501. The van der Waals surface area contributed by atoms with Crippen LogP contribution in [0.3, 0.4) is 0 Å². The highest BCUT2D eigenvalue weighted by Gasteiger charge is 2.16. The van der Waals surface area contributed by atoms with Gasteiger partial charge in [0.05, 0.1) is 12.0 Å². The van der Waals surface area contributed by atoms with E-state index in [4.69, 9.17) is 4.74 Å². The quantitative estimate of drug-likeness (QED) is 0.946. The molecule has 0 saturated heterocycles. The average Bonchev–Trinajstić information content (AvgIpc) is 2.74. The minimum Gasteiger partial charge on any atom is -0.491 e. The molecule has 0 atom stereocenters. The highest BCUT2D eigenvalue weighted by atomic mass is 79.9. The third-order valence-electron chi connectivity index (χ3n) is 2.08. The van der Waals surface area contributed by atoms with Crippen LogP contribution in [0.5, 0.6) is 5.75 Å². The molecule has 2 aromatic heterocycles. The molecule has 0 unspecified atom stereocenters. The number of hydrogen-bond acceptors (Lipinski definition) is 5. The Balaban J connectivity index is 2.61. The first-order chi connectivity index (χ1) is 7.77. The first-order valence-corrected chi connectivity index (χ1v) is 6.25. The number of nitrogens with zero attached hydrogens (tertiary/aromatic N) is 2. The van der Waals surface area contributed by atoms with Crippen LogP contribution < -0.4 is 10.1 Å². The predicted octanol–water partition coefficient (Wildman–Crippen LogP) is 3.02. The molecule has 0 fully saturated rings. The summed E-state index contributed by atoms with van der Waals surface area (Å²) in [6.45, 7) is 0. The molecule has 2 aromatic rings. The second-order valence-electron chi connectivity index (χ2n) is 2.95. The topological polar surface area (TPSA) is 47.0 Å². The normalized spacial score (nSPS) is 10.2. The summed E-state index contributed by atoms with van der Waals surface area (Å²) < 4.78 is 6.36. The number of thiophene rings is 1. The molecule has 0 aliphatic rings. The number of hydrogen-bond donors (Lipinski definition) is 1. The van der Waals surface area contributed by atoms with E-state index in [9.17, 15) is 0 Å². The second kappa shape index (κ2) is 4.80. The van der Waals surface area contributed by atoms with Gasteiger partial charge >= 0.3 is 0 Å². The summed E-state index contributed by atoms with van der Waals surface area (Å²) in [7, 11) is 3.42. The zero-order chi connectivity index (χ0) is 11.5. The fourth-order valence-electron chi connectivity index (χ4n) is 1.37. The van der Waals surface area contributed by atoms with Crippen LogP contribution in [0, 0.1) is 0 Å². The van der Waals surface area contributed by atoms with Crippen LogP contribution in [0.4, 0.5) is 5.82 Å². The highest BCUT2D eigenvalue weighted by Crippen LogP contribution is 2.39. The van der Waals surface area contributed by atoms with E-state index in [0.717, 1.165) is 15.0 Å². The maximum absolute atomic E-state index is 5.34. The van der Waals surface area contributed by atoms with Gasteiger partial charge in [0.2, 0.25) is 0 Å². The van der Waals surface area contributed by atoms with Crippen LogP contribution in [0.1, 0.15) is 0 Å². The van der Waals surface area contributed by atoms with Crippen LogP contribution in [-0.2, 0) is 0 Å². The summed E-state index contributed by atoms with van der Waals surface area (Å²) in [5.74, 6) is 1.35. The number of anilines is 1. The first kappa shape index (κ1) is 11.3. The van der Waals surface area contributed by atoms with Crippen molar-refractivity contribution in [2.24, 2.45) is 0 Å². The van der Waals surface area contributed by atoms with Gasteiger partial charge in [0.15, 0.2) is 11.6 Å². The number of nitrogens with one attached hydrogen (secondary N) is 1. The summed E-state index contributed by atoms with van der Waals surface area (Å²) in [5.41, 5.74) is 0.795. The van der Waals surface area contributed by atoms with E-state index in [1.807, 2.05) is 11.4 Å². The molecule has 1 N–H and O–H groups in total. The summed E-state index contributed by atoms with van der Waals surface area (Å²) in [5, 5.41) is 4.98. The van der Waals surface area contributed by atoms with Gasteiger partial charge in [0, 0.05) is 11.5 Å². The fraction of sp³-hybridized carbons (Fsp3) is 0.200. The number of halogens is 1. The molecule has 0 aliphatic heterocycles. The van der Waals surface area contributed by atoms with Crippen LogP contribution >= 0.6 is 27.3 Å². The Morgan fingerprint density at radius 1 is 1.44 bits per heavy atom. The van der Waals surface area contributed by atoms with E-state index in [2.05, 4.69) is 31.2 Å². The molecule has 0 spiro atoms. The minimum atomic E-state index is 0.660. The minimum absolute atomic E-state index is 0.660. The Morgan fingerprint density at radius 3 is 2.81 bits per heavy atom. The van der Waals surface area contributed by atoms with Gasteiger partial charge in [0.1, 0.15) is 12.0 Å². The lowest BCUT2D eigenvalue weighted by Gasteiger charge is -2.10. The van der Waals surface area contributed by atoms with Crippen molar-refractivity contribution in [3.63, 3.8) is 0 Å². The predicted molar refractivity (Wildman–Crippen MR) is 69.1 cm³/mol. The molecule has 0 saturated carbocycles. The lowest BCUT2D eigenvalue weighted by Crippen LogP contribution is -2.00. The molecular formula is C10H10BrN3OS. The molecule has 0 aliphatic carbocycles. The maximum atomic E-state index is 5.34. The van der Waals surface area contributed by atoms with Gasteiger partial charge in [-0.2, -0.15) is 0 Å². The van der Waals surface area contributed by atoms with Crippen LogP contribution in [0.15, 0.2) is 22.2 Å². The van der Waals surface area contributed by atoms with Crippen LogP contribution in [-0.4, -0.2) is 24.1 Å². The molecule has 84 valence electrons. The number of ether oxygens (including phenoxy) is 1. The van der Waals surface area contributed by atoms with Gasteiger partial charge in [0.25, 0.3) is 0 Å². The lowest BCUT2D eigenvalue weighted by atomic mass is 10.3. The van der Waals surface area contributed by atoms with Crippen molar-refractivity contribution in [2.75, 3.05) is 19.5 Å². The van der Waals surface area contributed by atoms with Crippen molar-refractivity contribution in [1.29, 1.82) is 0 Å².